The SMILES string of the molecule is C[C@@H]1[C@H](C)N(Cc2cnn(C)c2)CCN1C(=O)OC(C)(C)C. The van der Waals surface area contributed by atoms with Gasteiger partial charge in [0.25, 0.3) is 0 Å². The molecule has 0 N–H and O–H groups in total. The standard InChI is InChI=1S/C16H28N4O2/c1-12-13(2)20(15(21)22-16(3,4)5)8-7-19(12)11-14-9-17-18(6)10-14/h9-10,12-13H,7-8,11H2,1-6H3/t12-,13+/m0/s1. The summed E-state index contributed by atoms with van der Waals surface area (Å²) in [6.45, 7) is 12.4. The molecule has 0 saturated carbocycles. The Morgan fingerprint density at radius 1 is 1.32 bits per heavy atom. The molecule has 1 saturated heterocycles. The molecule has 6 heteroatoms. The van der Waals surface area contributed by atoms with E-state index in [1.165, 1.54) is 5.56 Å². The summed E-state index contributed by atoms with van der Waals surface area (Å²) >= 11 is 0. The van der Waals surface area contributed by atoms with E-state index in [-0.39, 0.29) is 18.2 Å². The fraction of sp³-hybridized carbons (Fsp3) is 0.750. The topological polar surface area (TPSA) is 50.6 Å². The van der Waals surface area contributed by atoms with Gasteiger partial charge in [0.15, 0.2) is 0 Å². The minimum Gasteiger partial charge on any atom is -0.444 e. The highest BCUT2D eigenvalue weighted by Gasteiger charge is 2.35. The molecule has 0 bridgehead atoms. The second-order valence-electron chi connectivity index (χ2n) is 7.15. The Kier molecular flexibility index (Phi) is 4.80. The van der Waals surface area contributed by atoms with Crippen LogP contribution in [0, 0.1) is 0 Å². The van der Waals surface area contributed by atoms with Crippen molar-refractivity contribution in [3.05, 3.63) is 18.0 Å². The molecule has 0 aromatic carbocycles. The van der Waals surface area contributed by atoms with Crippen molar-refractivity contribution in [2.75, 3.05) is 13.1 Å². The average Bonchev–Trinajstić information content (AvgIpc) is 2.78. The first kappa shape index (κ1) is 16.8. The molecule has 1 fully saturated rings. The molecule has 2 atom stereocenters. The minimum absolute atomic E-state index is 0.125. The summed E-state index contributed by atoms with van der Waals surface area (Å²) in [5, 5.41) is 4.22. The van der Waals surface area contributed by atoms with Gasteiger partial charge in [-0.3, -0.25) is 9.58 Å². The van der Waals surface area contributed by atoms with E-state index in [0.717, 1.165) is 13.1 Å². The molecule has 124 valence electrons. The van der Waals surface area contributed by atoms with Crippen LogP contribution < -0.4 is 0 Å². The Morgan fingerprint density at radius 2 is 2.00 bits per heavy atom. The lowest BCUT2D eigenvalue weighted by Crippen LogP contribution is -2.59. The summed E-state index contributed by atoms with van der Waals surface area (Å²) in [5.74, 6) is 0. The number of piperazine rings is 1. The maximum absolute atomic E-state index is 12.3. The quantitative estimate of drug-likeness (QED) is 0.841. The zero-order valence-electron chi connectivity index (χ0n) is 14.5. The zero-order valence-corrected chi connectivity index (χ0v) is 14.5. The number of aryl methyl sites for hydroxylation is 1. The van der Waals surface area contributed by atoms with Crippen molar-refractivity contribution in [1.82, 2.24) is 19.6 Å². The van der Waals surface area contributed by atoms with E-state index < -0.39 is 5.60 Å². The van der Waals surface area contributed by atoms with E-state index in [1.807, 2.05) is 49.8 Å². The number of nitrogens with zero attached hydrogens (tertiary/aromatic N) is 4. The Morgan fingerprint density at radius 3 is 2.55 bits per heavy atom. The third-order valence-electron chi connectivity index (χ3n) is 4.17. The molecule has 6 nitrogen and oxygen atoms in total. The molecule has 1 aromatic rings. The normalized spacial score (nSPS) is 23.6. The Labute approximate surface area is 133 Å². The summed E-state index contributed by atoms with van der Waals surface area (Å²) in [6.07, 6.45) is 3.72. The molecule has 1 aliphatic heterocycles. The lowest BCUT2D eigenvalue weighted by molar-refractivity contribution is -0.0144. The zero-order chi connectivity index (χ0) is 16.5. The third-order valence-corrected chi connectivity index (χ3v) is 4.17. The van der Waals surface area contributed by atoms with Gasteiger partial charge >= 0.3 is 6.09 Å². The molecule has 2 heterocycles. The summed E-state index contributed by atoms with van der Waals surface area (Å²) in [5.41, 5.74) is 0.750. The van der Waals surface area contributed by atoms with Crippen LogP contribution in [-0.2, 0) is 18.3 Å². The molecule has 0 spiro atoms. The Bertz CT molecular complexity index is 520. The van der Waals surface area contributed by atoms with Crippen LogP contribution in [0.1, 0.15) is 40.2 Å². The van der Waals surface area contributed by atoms with Crippen LogP contribution in [0.15, 0.2) is 12.4 Å². The van der Waals surface area contributed by atoms with Crippen LogP contribution in [0.2, 0.25) is 0 Å². The van der Waals surface area contributed by atoms with Crippen LogP contribution >= 0.6 is 0 Å². The van der Waals surface area contributed by atoms with E-state index in [2.05, 4.69) is 23.8 Å². The van der Waals surface area contributed by atoms with Gasteiger partial charge < -0.3 is 9.64 Å². The van der Waals surface area contributed by atoms with Crippen molar-refractivity contribution in [2.45, 2.75) is 58.8 Å². The molecule has 0 aliphatic carbocycles. The van der Waals surface area contributed by atoms with Crippen LogP contribution in [0.4, 0.5) is 4.79 Å². The number of amides is 1. The summed E-state index contributed by atoms with van der Waals surface area (Å²) in [7, 11) is 1.93. The predicted molar refractivity (Wildman–Crippen MR) is 85.5 cm³/mol. The van der Waals surface area contributed by atoms with E-state index >= 15 is 0 Å². The fourth-order valence-electron chi connectivity index (χ4n) is 2.80. The lowest BCUT2D eigenvalue weighted by Gasteiger charge is -2.44. The second-order valence-corrected chi connectivity index (χ2v) is 7.15. The molecule has 22 heavy (non-hydrogen) atoms. The van der Waals surface area contributed by atoms with Gasteiger partial charge in [0, 0.05) is 50.5 Å². The second kappa shape index (κ2) is 6.28. The number of rotatable bonds is 2. The number of hydrogen-bond donors (Lipinski definition) is 0. The van der Waals surface area contributed by atoms with Crippen LogP contribution in [0.3, 0.4) is 0 Å². The summed E-state index contributed by atoms with van der Waals surface area (Å²) < 4.78 is 7.33. The van der Waals surface area contributed by atoms with Gasteiger partial charge in [-0.1, -0.05) is 0 Å². The molecule has 1 aromatic heterocycles. The van der Waals surface area contributed by atoms with Gasteiger partial charge in [-0.15, -0.1) is 0 Å². The highest BCUT2D eigenvalue weighted by molar-refractivity contribution is 5.68. The number of carbonyl (C=O) groups excluding carboxylic acids is 1. The maximum atomic E-state index is 12.3. The lowest BCUT2D eigenvalue weighted by atomic mass is 10.0. The van der Waals surface area contributed by atoms with Gasteiger partial charge in [0.05, 0.1) is 6.20 Å². The van der Waals surface area contributed by atoms with Crippen molar-refractivity contribution < 1.29 is 9.53 Å². The number of aromatic nitrogens is 2. The van der Waals surface area contributed by atoms with Crippen LogP contribution in [0.25, 0.3) is 0 Å². The van der Waals surface area contributed by atoms with Crippen molar-refractivity contribution in [3.8, 4) is 0 Å². The summed E-state index contributed by atoms with van der Waals surface area (Å²) in [6, 6.07) is 0.404. The van der Waals surface area contributed by atoms with E-state index in [0.29, 0.717) is 6.54 Å². The molecule has 2 rings (SSSR count). The molecule has 0 radical (unpaired) electrons. The minimum atomic E-state index is -0.452. The molecule has 1 amide bonds. The molecule has 0 unspecified atom stereocenters. The summed E-state index contributed by atoms with van der Waals surface area (Å²) in [4.78, 5) is 16.5. The predicted octanol–water partition coefficient (Wildman–Crippen LogP) is 2.25. The Hall–Kier alpha value is -1.56. The van der Waals surface area contributed by atoms with Crippen molar-refractivity contribution in [1.29, 1.82) is 0 Å². The van der Waals surface area contributed by atoms with Crippen LogP contribution in [0.5, 0.6) is 0 Å². The van der Waals surface area contributed by atoms with Gasteiger partial charge in [0.1, 0.15) is 5.60 Å². The molecule has 1 aliphatic rings. The highest BCUT2D eigenvalue weighted by atomic mass is 16.6. The highest BCUT2D eigenvalue weighted by Crippen LogP contribution is 2.21. The number of ether oxygens (including phenoxy) is 1. The van der Waals surface area contributed by atoms with Gasteiger partial charge in [0.2, 0.25) is 0 Å². The molecular weight excluding hydrogens is 280 g/mol. The largest absolute Gasteiger partial charge is 0.444 e. The average molecular weight is 308 g/mol. The van der Waals surface area contributed by atoms with Gasteiger partial charge in [-0.2, -0.15) is 5.10 Å². The van der Waals surface area contributed by atoms with E-state index in [4.69, 9.17) is 4.74 Å². The Balaban J connectivity index is 1.98. The van der Waals surface area contributed by atoms with E-state index in [9.17, 15) is 4.79 Å². The first-order chi connectivity index (χ1) is 10.2. The smallest absolute Gasteiger partial charge is 0.410 e. The van der Waals surface area contributed by atoms with Crippen molar-refractivity contribution >= 4 is 6.09 Å². The number of hydrogen-bond acceptors (Lipinski definition) is 4. The molecular formula is C16H28N4O2. The monoisotopic (exact) mass is 308 g/mol. The van der Waals surface area contributed by atoms with E-state index in [1.54, 1.807) is 0 Å². The van der Waals surface area contributed by atoms with Crippen LogP contribution in [-0.4, -0.2) is 56.4 Å². The van der Waals surface area contributed by atoms with Crippen molar-refractivity contribution in [3.63, 3.8) is 0 Å². The number of carbonyl (C=O) groups is 1. The maximum Gasteiger partial charge on any atom is 0.410 e. The first-order valence-corrected chi connectivity index (χ1v) is 7.88. The fourth-order valence-corrected chi connectivity index (χ4v) is 2.80. The van der Waals surface area contributed by atoms with Crippen molar-refractivity contribution in [2.24, 2.45) is 7.05 Å². The third kappa shape index (κ3) is 4.00. The first-order valence-electron chi connectivity index (χ1n) is 7.88. The van der Waals surface area contributed by atoms with Gasteiger partial charge in [-0.05, 0) is 34.6 Å². The van der Waals surface area contributed by atoms with Gasteiger partial charge in [-0.25, -0.2) is 4.79 Å².